The van der Waals surface area contributed by atoms with Crippen LogP contribution in [0.4, 0.5) is 0 Å². The number of nitrogens with one attached hydrogen (secondary N) is 1. The molecule has 1 atom stereocenters. The van der Waals surface area contributed by atoms with Gasteiger partial charge in [0.15, 0.2) is 0 Å². The Morgan fingerprint density at radius 3 is 2.81 bits per heavy atom. The predicted octanol–water partition coefficient (Wildman–Crippen LogP) is 3.57. The SMILES string of the molecule is C1=CN=CC(c2cc3c(c(OC4CCN([SH+]C5CC5)CC4)c2)CNC=C3)C1. The molecule has 1 saturated heterocycles. The zero-order chi connectivity index (χ0) is 18.1. The van der Waals surface area contributed by atoms with Crippen molar-refractivity contribution in [2.24, 2.45) is 4.99 Å². The second-order valence-corrected chi connectivity index (χ2v) is 9.47. The van der Waals surface area contributed by atoms with Gasteiger partial charge in [-0.05, 0) is 35.9 Å². The Hall–Kier alpha value is -1.72. The molecule has 0 radical (unpaired) electrons. The number of thiol groups is 1. The molecule has 0 bridgehead atoms. The molecule has 2 fully saturated rings. The molecule has 1 N–H and O–H groups in total. The Bertz CT molecular complexity index is 776. The van der Waals surface area contributed by atoms with Crippen molar-refractivity contribution in [1.29, 1.82) is 0 Å². The molecule has 3 heterocycles. The summed E-state index contributed by atoms with van der Waals surface area (Å²) >= 11 is 1.56. The van der Waals surface area contributed by atoms with Gasteiger partial charge in [0.2, 0.25) is 0 Å². The van der Waals surface area contributed by atoms with Gasteiger partial charge in [-0.1, -0.05) is 12.1 Å². The second-order valence-electron chi connectivity index (χ2n) is 7.94. The first-order valence-corrected chi connectivity index (χ1v) is 11.1. The molecule has 0 amide bonds. The molecule has 142 valence electrons. The maximum Gasteiger partial charge on any atom is 0.135 e. The third-order valence-electron chi connectivity index (χ3n) is 5.79. The molecule has 27 heavy (non-hydrogen) atoms. The number of benzene rings is 1. The average Bonchev–Trinajstić information content (AvgIpc) is 3.54. The highest BCUT2D eigenvalue weighted by Gasteiger charge is 2.36. The molecule has 3 aliphatic heterocycles. The number of fused-ring (bicyclic) bond motifs is 1. The number of rotatable bonds is 5. The van der Waals surface area contributed by atoms with Gasteiger partial charge in [-0.25, -0.2) is 0 Å². The number of nitrogens with zero attached hydrogens (tertiary/aromatic N) is 2. The lowest BCUT2D eigenvalue weighted by Crippen LogP contribution is -2.38. The summed E-state index contributed by atoms with van der Waals surface area (Å²) in [4.78, 5) is 4.35. The largest absolute Gasteiger partial charge is 0.490 e. The van der Waals surface area contributed by atoms with Crippen molar-refractivity contribution in [1.82, 2.24) is 9.62 Å². The van der Waals surface area contributed by atoms with E-state index < -0.39 is 0 Å². The number of piperidine rings is 1. The van der Waals surface area contributed by atoms with Crippen LogP contribution >= 0.6 is 0 Å². The first-order valence-electron chi connectivity index (χ1n) is 10.2. The van der Waals surface area contributed by atoms with E-state index in [9.17, 15) is 0 Å². The fraction of sp³-hybridized carbons (Fsp3) is 0.500. The zero-order valence-corrected chi connectivity index (χ0v) is 16.6. The molecular formula is C22H28N3OS+. The summed E-state index contributed by atoms with van der Waals surface area (Å²) in [7, 11) is 0. The minimum Gasteiger partial charge on any atom is -0.490 e. The van der Waals surface area contributed by atoms with Crippen molar-refractivity contribution >= 4 is 24.2 Å². The predicted molar refractivity (Wildman–Crippen MR) is 114 cm³/mol. The van der Waals surface area contributed by atoms with E-state index in [1.165, 1.54) is 42.6 Å². The van der Waals surface area contributed by atoms with Gasteiger partial charge in [0.05, 0.1) is 11.9 Å². The molecule has 5 rings (SSSR count). The maximum atomic E-state index is 6.59. The molecule has 1 aliphatic carbocycles. The lowest BCUT2D eigenvalue weighted by molar-refractivity contribution is 0.137. The Kier molecular flexibility index (Phi) is 4.97. The highest BCUT2D eigenvalue weighted by Crippen LogP contribution is 2.34. The quantitative estimate of drug-likeness (QED) is 0.625. The molecule has 1 saturated carbocycles. The number of allylic oxidation sites excluding steroid dienone is 1. The maximum absolute atomic E-state index is 6.59. The standard InChI is InChI=1S/C22H27N3OS/c1-2-17(14-23-8-1)18-12-16-5-9-24-15-21(16)22(13-18)26-19-6-10-25(11-7-19)27-20-3-4-20/h1,5,8-9,12-14,17,19-20,24H,2-4,6-7,10-11,15H2/p+1. The normalized spacial score (nSPS) is 25.3. The first kappa shape index (κ1) is 17.4. The molecule has 1 aromatic rings. The summed E-state index contributed by atoms with van der Waals surface area (Å²) < 4.78 is 9.20. The number of aliphatic imine (C=N–C) groups is 1. The van der Waals surface area contributed by atoms with Gasteiger partial charge < -0.3 is 10.1 Å². The molecule has 1 unspecified atom stereocenters. The van der Waals surface area contributed by atoms with E-state index in [1.54, 1.807) is 11.9 Å². The summed E-state index contributed by atoms with van der Waals surface area (Å²) in [6.07, 6.45) is 16.8. The first-order chi connectivity index (χ1) is 13.3. The van der Waals surface area contributed by atoms with Crippen LogP contribution in [0, 0.1) is 0 Å². The lowest BCUT2D eigenvalue weighted by atomic mass is 9.91. The second kappa shape index (κ2) is 7.72. The van der Waals surface area contributed by atoms with E-state index in [0.717, 1.165) is 36.8 Å². The lowest BCUT2D eigenvalue weighted by Gasteiger charge is -2.29. The van der Waals surface area contributed by atoms with Crippen LogP contribution in [-0.4, -0.2) is 35.0 Å². The third-order valence-corrected chi connectivity index (χ3v) is 7.36. The van der Waals surface area contributed by atoms with Gasteiger partial charge in [-0.3, -0.25) is 4.99 Å². The number of ether oxygens (including phenoxy) is 1. The minimum atomic E-state index is 0.334. The Balaban J connectivity index is 1.32. The summed E-state index contributed by atoms with van der Waals surface area (Å²) in [5.41, 5.74) is 3.89. The van der Waals surface area contributed by atoms with Crippen LogP contribution < -0.4 is 10.1 Å². The van der Waals surface area contributed by atoms with E-state index in [-0.39, 0.29) is 0 Å². The Morgan fingerprint density at radius 2 is 2.04 bits per heavy atom. The monoisotopic (exact) mass is 382 g/mol. The average molecular weight is 383 g/mol. The minimum absolute atomic E-state index is 0.334. The molecule has 4 nitrogen and oxygen atoms in total. The van der Waals surface area contributed by atoms with Crippen molar-refractivity contribution in [3.63, 3.8) is 0 Å². The summed E-state index contributed by atoms with van der Waals surface area (Å²) in [6.45, 7) is 3.19. The van der Waals surface area contributed by atoms with Gasteiger partial charge in [0.1, 0.15) is 17.1 Å². The summed E-state index contributed by atoms with van der Waals surface area (Å²) in [5, 5.41) is 4.30. The van der Waals surface area contributed by atoms with Crippen LogP contribution in [0.5, 0.6) is 5.75 Å². The van der Waals surface area contributed by atoms with Crippen LogP contribution in [0.25, 0.3) is 6.08 Å². The zero-order valence-electron chi connectivity index (χ0n) is 15.7. The molecule has 4 aliphatic rings. The fourth-order valence-electron chi connectivity index (χ4n) is 4.04. The molecular weight excluding hydrogens is 354 g/mol. The van der Waals surface area contributed by atoms with Crippen molar-refractivity contribution in [3.05, 3.63) is 47.3 Å². The van der Waals surface area contributed by atoms with Crippen LogP contribution in [0.1, 0.15) is 54.7 Å². The van der Waals surface area contributed by atoms with Crippen molar-refractivity contribution in [2.45, 2.75) is 55.9 Å². The van der Waals surface area contributed by atoms with Crippen molar-refractivity contribution in [2.75, 3.05) is 13.1 Å². The van der Waals surface area contributed by atoms with Gasteiger partial charge in [-0.15, -0.1) is 4.31 Å². The van der Waals surface area contributed by atoms with Crippen LogP contribution in [0.3, 0.4) is 0 Å². The topological polar surface area (TPSA) is 36.9 Å². The van der Waals surface area contributed by atoms with Crippen LogP contribution in [-0.2, 0) is 18.5 Å². The van der Waals surface area contributed by atoms with Crippen molar-refractivity contribution in [3.8, 4) is 5.75 Å². The number of hydrogen-bond acceptors (Lipinski definition) is 4. The van der Waals surface area contributed by atoms with E-state index >= 15 is 0 Å². The Morgan fingerprint density at radius 1 is 1.15 bits per heavy atom. The number of hydrogen-bond donors (Lipinski definition) is 1. The van der Waals surface area contributed by atoms with Gasteiger partial charge in [-0.2, -0.15) is 0 Å². The van der Waals surface area contributed by atoms with E-state index in [1.807, 2.05) is 12.4 Å². The fourth-order valence-corrected chi connectivity index (χ4v) is 5.34. The molecule has 5 heteroatoms. The third kappa shape index (κ3) is 4.09. The van der Waals surface area contributed by atoms with E-state index in [2.05, 4.69) is 45.1 Å². The van der Waals surface area contributed by atoms with Crippen molar-refractivity contribution < 1.29 is 4.74 Å². The summed E-state index contributed by atoms with van der Waals surface area (Å²) in [6, 6.07) is 4.58. The smallest absolute Gasteiger partial charge is 0.135 e. The van der Waals surface area contributed by atoms with Gasteiger partial charge >= 0.3 is 0 Å². The Labute approximate surface area is 165 Å². The van der Waals surface area contributed by atoms with E-state index in [4.69, 9.17) is 4.74 Å². The van der Waals surface area contributed by atoms with E-state index in [0.29, 0.717) is 12.0 Å². The molecule has 0 spiro atoms. The molecule has 0 aromatic heterocycles. The highest BCUT2D eigenvalue weighted by atomic mass is 32.2. The summed E-state index contributed by atoms with van der Waals surface area (Å²) in [5.74, 6) is 1.42. The highest BCUT2D eigenvalue weighted by molar-refractivity contribution is 7.77. The van der Waals surface area contributed by atoms with Gasteiger partial charge in [0, 0.05) is 69.2 Å². The van der Waals surface area contributed by atoms with Crippen LogP contribution in [0.2, 0.25) is 0 Å². The van der Waals surface area contributed by atoms with Crippen LogP contribution in [0.15, 0.2) is 35.6 Å². The van der Waals surface area contributed by atoms with Gasteiger partial charge in [0.25, 0.3) is 0 Å². The molecule has 1 aromatic carbocycles.